The Balaban J connectivity index is 1.98. The highest BCUT2D eigenvalue weighted by Crippen LogP contribution is 2.27. The molecule has 88 valence electrons. The Morgan fingerprint density at radius 1 is 1.18 bits per heavy atom. The first-order valence-corrected chi connectivity index (χ1v) is 6.49. The molecule has 2 aromatic rings. The normalized spacial score (nSPS) is 17.3. The zero-order valence-corrected chi connectivity index (χ0v) is 10.5. The fourth-order valence-corrected chi connectivity index (χ4v) is 2.48. The monoisotopic (exact) mass is 225 g/mol. The third kappa shape index (κ3) is 2.20. The van der Waals surface area contributed by atoms with Crippen molar-refractivity contribution in [2.45, 2.75) is 38.8 Å². The minimum atomic E-state index is 0.464. The van der Waals surface area contributed by atoms with Crippen LogP contribution in [0.2, 0.25) is 0 Å². The summed E-state index contributed by atoms with van der Waals surface area (Å²) in [5.74, 6) is 0. The molecule has 1 saturated carbocycles. The molecule has 17 heavy (non-hydrogen) atoms. The van der Waals surface area contributed by atoms with Gasteiger partial charge in [0, 0.05) is 12.1 Å². The lowest BCUT2D eigenvalue weighted by Crippen LogP contribution is -2.20. The molecule has 1 heteroatoms. The molecule has 1 fully saturated rings. The molecule has 0 aliphatic heterocycles. The molecule has 0 spiro atoms. The number of aryl methyl sites for hydroxylation is 1. The van der Waals surface area contributed by atoms with E-state index in [2.05, 4.69) is 55.6 Å². The van der Waals surface area contributed by atoms with Crippen LogP contribution in [0.3, 0.4) is 0 Å². The first-order chi connectivity index (χ1) is 8.24. The van der Waals surface area contributed by atoms with Crippen molar-refractivity contribution in [2.75, 3.05) is 0 Å². The van der Waals surface area contributed by atoms with Crippen molar-refractivity contribution in [2.24, 2.45) is 0 Å². The third-order valence-electron chi connectivity index (χ3n) is 3.65. The van der Waals surface area contributed by atoms with Gasteiger partial charge < -0.3 is 5.32 Å². The molecular weight excluding hydrogens is 206 g/mol. The maximum atomic E-state index is 3.66. The summed E-state index contributed by atoms with van der Waals surface area (Å²) in [6.07, 6.45) is 2.69. The second-order valence-electron chi connectivity index (χ2n) is 5.22. The summed E-state index contributed by atoms with van der Waals surface area (Å²) in [6, 6.07) is 14.5. The molecule has 0 bridgehead atoms. The van der Waals surface area contributed by atoms with Gasteiger partial charge in [-0.25, -0.2) is 0 Å². The molecule has 0 aromatic heterocycles. The molecule has 3 rings (SSSR count). The van der Waals surface area contributed by atoms with Crippen molar-refractivity contribution in [3.8, 4) is 0 Å². The SMILES string of the molecule is Cc1cc(C(C)NC2CC2)cc2ccccc12. The first kappa shape index (κ1) is 10.8. The molecule has 1 aliphatic rings. The van der Waals surface area contributed by atoms with Crippen molar-refractivity contribution in [3.05, 3.63) is 47.5 Å². The van der Waals surface area contributed by atoms with Crippen LogP contribution in [-0.2, 0) is 0 Å². The summed E-state index contributed by atoms with van der Waals surface area (Å²) in [7, 11) is 0. The second kappa shape index (κ2) is 4.15. The van der Waals surface area contributed by atoms with Gasteiger partial charge in [-0.2, -0.15) is 0 Å². The average molecular weight is 225 g/mol. The summed E-state index contributed by atoms with van der Waals surface area (Å²) < 4.78 is 0. The highest BCUT2D eigenvalue weighted by atomic mass is 15.0. The summed E-state index contributed by atoms with van der Waals surface area (Å²) in [4.78, 5) is 0. The van der Waals surface area contributed by atoms with Crippen LogP contribution in [0.25, 0.3) is 10.8 Å². The Morgan fingerprint density at radius 3 is 2.71 bits per heavy atom. The van der Waals surface area contributed by atoms with E-state index in [1.54, 1.807) is 0 Å². The molecule has 0 amide bonds. The van der Waals surface area contributed by atoms with Crippen molar-refractivity contribution in [1.82, 2.24) is 5.32 Å². The predicted molar refractivity (Wildman–Crippen MR) is 73.3 cm³/mol. The van der Waals surface area contributed by atoms with E-state index in [1.807, 2.05) is 0 Å². The zero-order chi connectivity index (χ0) is 11.8. The fourth-order valence-electron chi connectivity index (χ4n) is 2.48. The van der Waals surface area contributed by atoms with E-state index < -0.39 is 0 Å². The molecule has 2 aromatic carbocycles. The van der Waals surface area contributed by atoms with Crippen LogP contribution in [-0.4, -0.2) is 6.04 Å². The van der Waals surface area contributed by atoms with Gasteiger partial charge >= 0.3 is 0 Å². The molecular formula is C16H19N. The quantitative estimate of drug-likeness (QED) is 0.833. The lowest BCUT2D eigenvalue weighted by molar-refractivity contribution is 0.571. The Labute approximate surface area is 103 Å². The summed E-state index contributed by atoms with van der Waals surface area (Å²) in [5.41, 5.74) is 2.79. The summed E-state index contributed by atoms with van der Waals surface area (Å²) in [5, 5.41) is 6.39. The van der Waals surface area contributed by atoms with Gasteiger partial charge in [-0.3, -0.25) is 0 Å². The van der Waals surface area contributed by atoms with Crippen LogP contribution >= 0.6 is 0 Å². The van der Waals surface area contributed by atoms with Crippen LogP contribution in [0, 0.1) is 6.92 Å². The highest BCUT2D eigenvalue weighted by Gasteiger charge is 2.23. The maximum absolute atomic E-state index is 3.66. The topological polar surface area (TPSA) is 12.0 Å². The number of rotatable bonds is 3. The van der Waals surface area contributed by atoms with Crippen molar-refractivity contribution < 1.29 is 0 Å². The Kier molecular flexibility index (Phi) is 2.64. The third-order valence-corrected chi connectivity index (χ3v) is 3.65. The Bertz CT molecular complexity index is 540. The molecule has 0 saturated heterocycles. The number of nitrogens with one attached hydrogen (secondary N) is 1. The molecule has 1 N–H and O–H groups in total. The largest absolute Gasteiger partial charge is 0.307 e. The van der Waals surface area contributed by atoms with E-state index in [0.717, 1.165) is 6.04 Å². The van der Waals surface area contributed by atoms with E-state index in [4.69, 9.17) is 0 Å². The lowest BCUT2D eigenvalue weighted by Gasteiger charge is -2.15. The summed E-state index contributed by atoms with van der Waals surface area (Å²) in [6.45, 7) is 4.47. The lowest BCUT2D eigenvalue weighted by atomic mass is 9.98. The number of benzene rings is 2. The van der Waals surface area contributed by atoms with Gasteiger partial charge in [0.2, 0.25) is 0 Å². The fraction of sp³-hybridized carbons (Fsp3) is 0.375. The Morgan fingerprint density at radius 2 is 1.94 bits per heavy atom. The Hall–Kier alpha value is -1.34. The van der Waals surface area contributed by atoms with Gasteiger partial charge in [-0.1, -0.05) is 30.3 Å². The van der Waals surface area contributed by atoms with Crippen LogP contribution in [0.4, 0.5) is 0 Å². The molecule has 0 heterocycles. The molecule has 1 nitrogen and oxygen atoms in total. The van der Waals surface area contributed by atoms with Gasteiger partial charge in [0.25, 0.3) is 0 Å². The number of hydrogen-bond acceptors (Lipinski definition) is 1. The predicted octanol–water partition coefficient (Wildman–Crippen LogP) is 3.96. The van der Waals surface area contributed by atoms with Gasteiger partial charge in [0.15, 0.2) is 0 Å². The van der Waals surface area contributed by atoms with Gasteiger partial charge in [0.1, 0.15) is 0 Å². The molecule has 0 radical (unpaired) electrons. The number of hydrogen-bond donors (Lipinski definition) is 1. The average Bonchev–Trinajstić information content (AvgIpc) is 3.13. The van der Waals surface area contributed by atoms with Gasteiger partial charge in [-0.15, -0.1) is 0 Å². The van der Waals surface area contributed by atoms with Gasteiger partial charge in [-0.05, 0) is 54.7 Å². The van der Waals surface area contributed by atoms with Crippen LogP contribution in [0.15, 0.2) is 36.4 Å². The minimum absolute atomic E-state index is 0.464. The minimum Gasteiger partial charge on any atom is -0.307 e. The van der Waals surface area contributed by atoms with Crippen molar-refractivity contribution in [1.29, 1.82) is 0 Å². The van der Waals surface area contributed by atoms with E-state index in [1.165, 1.54) is 34.7 Å². The smallest absolute Gasteiger partial charge is 0.0294 e. The van der Waals surface area contributed by atoms with E-state index in [0.29, 0.717) is 6.04 Å². The maximum Gasteiger partial charge on any atom is 0.0294 e. The van der Waals surface area contributed by atoms with Crippen LogP contribution < -0.4 is 5.32 Å². The van der Waals surface area contributed by atoms with Crippen LogP contribution in [0.1, 0.15) is 36.9 Å². The second-order valence-corrected chi connectivity index (χ2v) is 5.22. The zero-order valence-electron chi connectivity index (χ0n) is 10.5. The summed E-state index contributed by atoms with van der Waals surface area (Å²) >= 11 is 0. The highest BCUT2D eigenvalue weighted by molar-refractivity contribution is 5.86. The van der Waals surface area contributed by atoms with E-state index >= 15 is 0 Å². The van der Waals surface area contributed by atoms with Crippen molar-refractivity contribution >= 4 is 10.8 Å². The van der Waals surface area contributed by atoms with Gasteiger partial charge in [0.05, 0.1) is 0 Å². The van der Waals surface area contributed by atoms with Crippen molar-refractivity contribution in [3.63, 3.8) is 0 Å². The van der Waals surface area contributed by atoms with E-state index in [9.17, 15) is 0 Å². The molecule has 1 atom stereocenters. The number of fused-ring (bicyclic) bond motifs is 1. The van der Waals surface area contributed by atoms with Crippen LogP contribution in [0.5, 0.6) is 0 Å². The molecule has 1 aliphatic carbocycles. The first-order valence-electron chi connectivity index (χ1n) is 6.49. The standard InChI is InChI=1S/C16H19N/c1-11-9-14(12(2)17-15-7-8-15)10-13-5-3-4-6-16(11)13/h3-6,9-10,12,15,17H,7-8H2,1-2H3. The molecule has 1 unspecified atom stereocenters. The van der Waals surface area contributed by atoms with E-state index in [-0.39, 0.29) is 0 Å².